The molecule has 16 nitrogen and oxygen atoms in total. The monoisotopic (exact) mass is 858 g/mol. The molecule has 334 valence electrons. The zero-order chi connectivity index (χ0) is 45.3. The number of hydrogen-bond donors (Lipinski definition) is 2. The Morgan fingerprint density at radius 1 is 0.500 bits per heavy atom. The van der Waals surface area contributed by atoms with Crippen molar-refractivity contribution >= 4 is 35.3 Å². The molecule has 0 amide bonds. The molecule has 0 saturated carbocycles. The second kappa shape index (κ2) is 23.6. The van der Waals surface area contributed by atoms with Crippen molar-refractivity contribution in [1.82, 2.24) is 10.6 Å². The number of allylic oxidation sites excluding steroid dienone is 4. The fourth-order valence-electron chi connectivity index (χ4n) is 7.89. The van der Waals surface area contributed by atoms with Gasteiger partial charge in [0.25, 0.3) is 11.4 Å². The number of carbonyl (C=O) groups is 4. The van der Waals surface area contributed by atoms with Crippen molar-refractivity contribution in [3.8, 4) is 0 Å². The summed E-state index contributed by atoms with van der Waals surface area (Å²) in [6.45, 7) is 10.8. The Hall–Kier alpha value is -6.32. The quantitative estimate of drug-likeness (QED) is 0.0351. The SMILES string of the molecule is CCOC(=O)C1=C(C)NC(C)=C(C(=O)OCCCCCCCCCCCCOC(=O)C2=C(C)NC(C)=C(C(=O)OCC)C2c2cccc([N+](=O)[O-])c2)C1c1cccc([N+](=O)[O-])c1. The Morgan fingerprint density at radius 2 is 0.790 bits per heavy atom. The van der Waals surface area contributed by atoms with Crippen LogP contribution in [0, 0.1) is 20.2 Å². The van der Waals surface area contributed by atoms with E-state index in [-0.39, 0.29) is 60.1 Å². The highest BCUT2D eigenvalue weighted by molar-refractivity contribution is 6.01. The van der Waals surface area contributed by atoms with Crippen LogP contribution in [0.25, 0.3) is 0 Å². The van der Waals surface area contributed by atoms with Gasteiger partial charge in [-0.3, -0.25) is 20.2 Å². The van der Waals surface area contributed by atoms with Crippen LogP contribution < -0.4 is 10.6 Å². The van der Waals surface area contributed by atoms with Gasteiger partial charge in [0.2, 0.25) is 0 Å². The van der Waals surface area contributed by atoms with E-state index in [9.17, 15) is 39.4 Å². The van der Waals surface area contributed by atoms with Crippen molar-refractivity contribution in [3.05, 3.63) is 125 Å². The van der Waals surface area contributed by atoms with Crippen LogP contribution in [0.15, 0.2) is 93.6 Å². The predicted molar refractivity (Wildman–Crippen MR) is 230 cm³/mol. The Morgan fingerprint density at radius 3 is 1.08 bits per heavy atom. The molecule has 0 spiro atoms. The number of unbranched alkanes of at least 4 members (excludes halogenated alkanes) is 9. The lowest BCUT2D eigenvalue weighted by molar-refractivity contribution is -0.385. The molecular formula is C46H58N4O12. The molecule has 2 unspecified atom stereocenters. The summed E-state index contributed by atoms with van der Waals surface area (Å²) in [7, 11) is 0. The van der Waals surface area contributed by atoms with Gasteiger partial charge in [0.15, 0.2) is 0 Å². The van der Waals surface area contributed by atoms with E-state index < -0.39 is 45.6 Å². The molecule has 0 bridgehead atoms. The molecule has 16 heteroatoms. The second-order valence-corrected chi connectivity index (χ2v) is 15.2. The molecular weight excluding hydrogens is 801 g/mol. The van der Waals surface area contributed by atoms with E-state index in [2.05, 4.69) is 10.6 Å². The van der Waals surface area contributed by atoms with Crippen LogP contribution >= 0.6 is 0 Å². The van der Waals surface area contributed by atoms with Crippen LogP contribution in [0.3, 0.4) is 0 Å². The van der Waals surface area contributed by atoms with Gasteiger partial charge in [-0.15, -0.1) is 0 Å². The van der Waals surface area contributed by atoms with Crippen molar-refractivity contribution in [1.29, 1.82) is 0 Å². The molecule has 2 aromatic carbocycles. The molecule has 2 heterocycles. The molecule has 0 aliphatic carbocycles. The van der Waals surface area contributed by atoms with E-state index in [0.29, 0.717) is 46.8 Å². The van der Waals surface area contributed by atoms with Crippen molar-refractivity contribution in [3.63, 3.8) is 0 Å². The second-order valence-electron chi connectivity index (χ2n) is 15.2. The largest absolute Gasteiger partial charge is 0.463 e. The number of dihydropyridines is 2. The third-order valence-corrected chi connectivity index (χ3v) is 10.8. The number of benzene rings is 2. The highest BCUT2D eigenvalue weighted by Crippen LogP contribution is 2.42. The average Bonchev–Trinajstić information content (AvgIpc) is 3.23. The summed E-state index contributed by atoms with van der Waals surface area (Å²) in [5.74, 6) is -4.26. The minimum absolute atomic E-state index is 0.119. The van der Waals surface area contributed by atoms with Crippen LogP contribution in [0.5, 0.6) is 0 Å². The number of rotatable bonds is 23. The maximum absolute atomic E-state index is 13.5. The molecule has 62 heavy (non-hydrogen) atoms. The normalized spacial score (nSPS) is 16.4. The Bertz CT molecular complexity index is 1990. The van der Waals surface area contributed by atoms with Crippen LogP contribution in [-0.2, 0) is 38.1 Å². The third-order valence-electron chi connectivity index (χ3n) is 10.8. The van der Waals surface area contributed by atoms with Gasteiger partial charge < -0.3 is 29.6 Å². The molecule has 0 fully saturated rings. The maximum atomic E-state index is 13.5. The lowest BCUT2D eigenvalue weighted by atomic mass is 9.80. The zero-order valence-corrected chi connectivity index (χ0v) is 36.5. The molecule has 0 aromatic heterocycles. The van der Waals surface area contributed by atoms with Gasteiger partial charge in [-0.25, -0.2) is 19.2 Å². The number of non-ortho nitro benzene ring substituents is 2. The number of carbonyl (C=O) groups excluding carboxylic acids is 4. The van der Waals surface area contributed by atoms with Crippen LogP contribution in [0.2, 0.25) is 0 Å². The standard InChI is InChI=1S/C46H58N4O12/c1-7-59-43(51)37-29(3)47-31(5)39(41(37)33-21-19-23-35(27-33)49(55)56)45(53)61-25-17-15-13-11-9-10-12-14-16-18-26-62-46(54)40-32(6)48-30(4)38(44(52)60-8-2)42(40)34-22-20-24-36(28-34)50(57)58/h19-24,27-28,41-42,47-48H,7-18,25-26H2,1-6H3. The van der Waals surface area contributed by atoms with Gasteiger partial charge in [-0.1, -0.05) is 75.6 Å². The average molecular weight is 859 g/mol. The number of nitro benzene ring substituents is 2. The van der Waals surface area contributed by atoms with Gasteiger partial charge in [0.1, 0.15) is 0 Å². The van der Waals surface area contributed by atoms with E-state index in [1.54, 1.807) is 53.7 Å². The number of nitro groups is 2. The predicted octanol–water partition coefficient (Wildman–Crippen LogP) is 8.79. The first-order chi connectivity index (χ1) is 29.7. The van der Waals surface area contributed by atoms with Gasteiger partial charge in [0.05, 0.1) is 70.4 Å². The van der Waals surface area contributed by atoms with Crippen LogP contribution in [0.1, 0.15) is 129 Å². The van der Waals surface area contributed by atoms with Crippen molar-refractivity contribution in [2.24, 2.45) is 0 Å². The number of nitrogens with one attached hydrogen (secondary N) is 2. The molecule has 2 N–H and O–H groups in total. The fraction of sp³-hybridized carbons (Fsp3) is 0.478. The van der Waals surface area contributed by atoms with Crippen molar-refractivity contribution < 1.29 is 48.0 Å². The van der Waals surface area contributed by atoms with Gasteiger partial charge >= 0.3 is 23.9 Å². The fourth-order valence-corrected chi connectivity index (χ4v) is 7.89. The Balaban J connectivity index is 1.18. The highest BCUT2D eigenvalue weighted by Gasteiger charge is 2.40. The van der Waals surface area contributed by atoms with E-state index in [0.717, 1.165) is 51.4 Å². The lowest BCUT2D eigenvalue weighted by Gasteiger charge is -2.30. The van der Waals surface area contributed by atoms with E-state index >= 15 is 0 Å². The molecule has 4 rings (SSSR count). The Kier molecular flexibility index (Phi) is 18.4. The van der Waals surface area contributed by atoms with Crippen molar-refractivity contribution in [2.75, 3.05) is 26.4 Å². The van der Waals surface area contributed by atoms with Gasteiger partial charge in [0, 0.05) is 47.1 Å². The molecule has 0 saturated heterocycles. The zero-order valence-electron chi connectivity index (χ0n) is 36.5. The van der Waals surface area contributed by atoms with Crippen LogP contribution in [0.4, 0.5) is 11.4 Å². The minimum Gasteiger partial charge on any atom is -0.463 e. The third kappa shape index (κ3) is 12.6. The van der Waals surface area contributed by atoms with Gasteiger partial charge in [-0.2, -0.15) is 0 Å². The molecule has 2 aliphatic rings. The molecule has 0 radical (unpaired) electrons. The smallest absolute Gasteiger partial charge is 0.336 e. The highest BCUT2D eigenvalue weighted by atomic mass is 16.6. The minimum atomic E-state index is -0.907. The maximum Gasteiger partial charge on any atom is 0.336 e. The summed E-state index contributed by atoms with van der Waals surface area (Å²) in [4.78, 5) is 75.3. The number of esters is 4. The first-order valence-corrected chi connectivity index (χ1v) is 21.3. The molecule has 2 atom stereocenters. The van der Waals surface area contributed by atoms with Crippen LogP contribution in [-0.4, -0.2) is 60.2 Å². The summed E-state index contributed by atoms with van der Waals surface area (Å²) in [6, 6.07) is 11.8. The topological polar surface area (TPSA) is 216 Å². The lowest BCUT2D eigenvalue weighted by Crippen LogP contribution is -2.32. The number of ether oxygens (including phenoxy) is 4. The number of hydrogen-bond acceptors (Lipinski definition) is 14. The molecule has 2 aliphatic heterocycles. The summed E-state index contributed by atoms with van der Waals surface area (Å²) < 4.78 is 22.0. The summed E-state index contributed by atoms with van der Waals surface area (Å²) in [5, 5.41) is 29.3. The first-order valence-electron chi connectivity index (χ1n) is 21.3. The van der Waals surface area contributed by atoms with E-state index in [1.807, 2.05) is 0 Å². The summed E-state index contributed by atoms with van der Waals surface area (Å²) in [5.41, 5.74) is 3.28. The summed E-state index contributed by atoms with van der Waals surface area (Å²) in [6.07, 6.45) is 9.12. The van der Waals surface area contributed by atoms with Gasteiger partial charge in [-0.05, 0) is 65.5 Å². The summed E-state index contributed by atoms with van der Waals surface area (Å²) >= 11 is 0. The van der Waals surface area contributed by atoms with E-state index in [4.69, 9.17) is 18.9 Å². The first kappa shape index (κ1) is 48.3. The molecule has 2 aromatic rings. The Labute approximate surface area is 362 Å². The number of nitrogens with zero attached hydrogens (tertiary/aromatic N) is 2. The van der Waals surface area contributed by atoms with E-state index in [1.165, 1.54) is 36.4 Å². The van der Waals surface area contributed by atoms with Crippen molar-refractivity contribution in [2.45, 2.75) is 118 Å².